The van der Waals surface area contributed by atoms with E-state index in [1.54, 1.807) is 11.8 Å². The van der Waals surface area contributed by atoms with Crippen molar-refractivity contribution in [1.82, 2.24) is 26.2 Å². The number of unbranched alkanes of at least 4 members (excludes halogenated alkanes) is 6. The zero-order valence-corrected chi connectivity index (χ0v) is 51.5. The average Bonchev–Trinajstić information content (AvgIpc) is 3.46. The van der Waals surface area contributed by atoms with Crippen LogP contribution in [0.15, 0.2) is 5.11 Å². The van der Waals surface area contributed by atoms with Gasteiger partial charge in [-0.1, -0.05) is 18.0 Å². The molecule has 28 nitrogen and oxygen atoms in total. The van der Waals surface area contributed by atoms with Gasteiger partial charge in [-0.15, -0.1) is 0 Å². The molecule has 484 valence electrons. The Morgan fingerprint density at radius 1 is 0.518 bits per heavy atom. The van der Waals surface area contributed by atoms with Crippen LogP contribution in [-0.4, -0.2) is 270 Å². The maximum Gasteiger partial charge on any atom is 0.176 e. The first-order valence-corrected chi connectivity index (χ1v) is 32.9. The summed E-state index contributed by atoms with van der Waals surface area (Å²) in [6, 6.07) is -4.49. The lowest BCUT2D eigenvalue weighted by Gasteiger charge is -2.46. The molecule has 4 fully saturated rings. The zero-order chi connectivity index (χ0) is 60.7. The van der Waals surface area contributed by atoms with E-state index in [1.165, 1.54) is 0 Å². The van der Waals surface area contributed by atoms with Crippen LogP contribution in [0.1, 0.15) is 83.5 Å². The molecular formula is C51H104N16O12S4. The van der Waals surface area contributed by atoms with Crippen LogP contribution in [0, 0.1) is 0 Å². The molecule has 0 aromatic heterocycles. The molecule has 0 amide bonds. The Kier molecular flexibility index (Phi) is 37.2. The number of aliphatic hydroxyl groups is 6. The number of nitrogens with two attached hydrogens (primary N) is 8. The summed E-state index contributed by atoms with van der Waals surface area (Å²) in [5.74, 6) is 3.66. The number of nitrogens with zero attached hydrogens (tertiary/aromatic N) is 4. The van der Waals surface area contributed by atoms with Gasteiger partial charge in [0.1, 0.15) is 61.0 Å². The number of nitrogens with one attached hydrogen (secondary N) is 4. The van der Waals surface area contributed by atoms with E-state index < -0.39 is 122 Å². The van der Waals surface area contributed by atoms with Crippen molar-refractivity contribution >= 4 is 58.2 Å². The second-order valence-corrected chi connectivity index (χ2v) is 25.2. The smallest absolute Gasteiger partial charge is 0.176 e. The molecule has 12 unspecified atom stereocenters. The van der Waals surface area contributed by atoms with Gasteiger partial charge in [0.2, 0.25) is 0 Å². The molecule has 26 N–H and O–H groups in total. The second kappa shape index (κ2) is 41.7. The molecule has 2 heterocycles. The summed E-state index contributed by atoms with van der Waals surface area (Å²) in [4.78, 5) is 5.35. The summed E-state index contributed by atoms with van der Waals surface area (Å²) in [5, 5.41) is 81.5. The fourth-order valence-electron chi connectivity index (χ4n) is 10.4. The molecule has 20 atom stereocenters. The zero-order valence-electron chi connectivity index (χ0n) is 48.2. The van der Waals surface area contributed by atoms with Crippen LogP contribution in [0.25, 0.3) is 10.4 Å². The van der Waals surface area contributed by atoms with E-state index in [0.717, 1.165) is 139 Å². The minimum absolute atomic E-state index is 0.0489. The van der Waals surface area contributed by atoms with Gasteiger partial charge in [-0.25, -0.2) is 0 Å². The highest BCUT2D eigenvalue weighted by molar-refractivity contribution is 7.99. The molecule has 83 heavy (non-hydrogen) atoms. The highest BCUT2D eigenvalue weighted by Crippen LogP contribution is 2.31. The van der Waals surface area contributed by atoms with Crippen molar-refractivity contribution in [3.63, 3.8) is 0 Å². The van der Waals surface area contributed by atoms with E-state index in [2.05, 4.69) is 36.2 Å². The van der Waals surface area contributed by atoms with Crippen molar-refractivity contribution in [1.29, 1.82) is 0 Å². The van der Waals surface area contributed by atoms with Crippen molar-refractivity contribution in [3.8, 4) is 0 Å². The molecule has 2 saturated carbocycles. The Morgan fingerprint density at radius 3 is 1.42 bits per heavy atom. The highest BCUT2D eigenvalue weighted by Gasteiger charge is 2.50. The molecule has 0 bridgehead atoms. The van der Waals surface area contributed by atoms with Gasteiger partial charge in [-0.05, 0) is 132 Å². The number of ether oxygens (including phenoxy) is 6. The van der Waals surface area contributed by atoms with Crippen LogP contribution in [0.3, 0.4) is 0 Å². The average molecular weight is 1260 g/mol. The second-order valence-electron chi connectivity index (χ2n) is 21.9. The number of rotatable bonds is 40. The van der Waals surface area contributed by atoms with E-state index >= 15 is 0 Å². The van der Waals surface area contributed by atoms with Crippen LogP contribution in [0.2, 0.25) is 0 Å². The van der Waals surface area contributed by atoms with Gasteiger partial charge in [0.05, 0.1) is 24.3 Å². The summed E-state index contributed by atoms with van der Waals surface area (Å²) in [5.41, 5.74) is 57.5. The maximum atomic E-state index is 10.9. The lowest BCUT2D eigenvalue weighted by molar-refractivity contribution is -0.291. The summed E-state index contributed by atoms with van der Waals surface area (Å²) in [7, 11) is 0. The third-order valence-electron chi connectivity index (χ3n) is 15.4. The van der Waals surface area contributed by atoms with Crippen LogP contribution in [0.4, 0.5) is 0 Å². The van der Waals surface area contributed by atoms with Gasteiger partial charge in [-0.3, -0.25) is 0 Å². The largest absolute Gasteiger partial charge is 0.389 e. The van der Waals surface area contributed by atoms with Crippen molar-refractivity contribution in [2.24, 2.45) is 51.0 Å². The molecule has 2 aliphatic carbocycles. The highest BCUT2D eigenvalue weighted by atomic mass is 32.2. The Hall–Kier alpha value is -1.45. The third kappa shape index (κ3) is 25.9. The van der Waals surface area contributed by atoms with Crippen LogP contribution in [0.5, 0.6) is 0 Å². The Morgan fingerprint density at radius 2 is 0.940 bits per heavy atom. The van der Waals surface area contributed by atoms with Crippen LogP contribution in [-0.2, 0) is 28.4 Å². The monoisotopic (exact) mass is 1260 g/mol. The summed E-state index contributed by atoms with van der Waals surface area (Å²) in [6.45, 7) is 7.00. The standard InChI is InChI=1S/C51H104N16O12S4/c52-28-34-40(70)42(72)36(58)48(76-34)78-44-32(56)26-30(54)38(68)46(44)74-20-7-2-9-22-82-24-15-64-51(81)62-13-11-19-67(17-5-1-3-14-65-66-60)18-6-4-12-61-50(80)63-16-25-83-23-10-8-21-75-47-39(69)31(55)27-33(57)45(47)79-49-37(59)43(73)41(71)35(29-53)77-49/h30-49,68-73H,1-29,52-59H2,(H2,61,63,80)(H2,62,64,81)/t30-,31-,32?,33?,34?,35?,36?,37?,38?,39?,40-,41-,42?,43?,44-,45-,46?,47?,48-,49-/m1/s1. The van der Waals surface area contributed by atoms with Gasteiger partial charge in [0.15, 0.2) is 22.8 Å². The quantitative estimate of drug-likeness (QED) is 0.00918. The molecular weight excluding hydrogens is 1160 g/mol. The van der Waals surface area contributed by atoms with Crippen LogP contribution >= 0.6 is 48.0 Å². The van der Waals surface area contributed by atoms with Crippen molar-refractivity contribution in [2.75, 3.05) is 102 Å². The molecule has 2 aliphatic heterocycles. The van der Waals surface area contributed by atoms with Gasteiger partial charge in [0.25, 0.3) is 0 Å². The lowest BCUT2D eigenvalue weighted by Crippen LogP contribution is -2.67. The first-order valence-electron chi connectivity index (χ1n) is 29.7. The molecule has 2 saturated heterocycles. The molecule has 4 aliphatic rings. The summed E-state index contributed by atoms with van der Waals surface area (Å²) >= 11 is 14.8. The minimum atomic E-state index is -1.32. The number of hydrogen-bond donors (Lipinski definition) is 18. The van der Waals surface area contributed by atoms with Gasteiger partial charge < -0.3 is 131 Å². The lowest BCUT2D eigenvalue weighted by atomic mass is 9.84. The number of thiocarbonyl (C=S) groups is 2. The normalized spacial score (nSPS) is 33.8. The summed E-state index contributed by atoms with van der Waals surface area (Å²) in [6.07, 6.45) is -3.80. The first kappa shape index (κ1) is 74.0. The van der Waals surface area contributed by atoms with E-state index in [-0.39, 0.29) is 19.5 Å². The minimum Gasteiger partial charge on any atom is -0.389 e. The summed E-state index contributed by atoms with van der Waals surface area (Å²) < 4.78 is 36.0. The van der Waals surface area contributed by atoms with Gasteiger partial charge >= 0.3 is 0 Å². The predicted molar refractivity (Wildman–Crippen MR) is 331 cm³/mol. The molecule has 32 heteroatoms. The van der Waals surface area contributed by atoms with Crippen LogP contribution < -0.4 is 67.1 Å². The fraction of sp³-hybridized carbons (Fsp3) is 0.961. The molecule has 4 rings (SSSR count). The van der Waals surface area contributed by atoms with E-state index in [0.29, 0.717) is 36.4 Å². The molecule has 0 radical (unpaired) electrons. The number of thioether (sulfide) groups is 2. The maximum absolute atomic E-state index is 10.9. The van der Waals surface area contributed by atoms with Gasteiger partial charge in [0, 0.05) is 99.6 Å². The van der Waals surface area contributed by atoms with E-state index in [9.17, 15) is 30.6 Å². The predicted octanol–water partition coefficient (Wildman–Crippen LogP) is -3.87. The van der Waals surface area contributed by atoms with Crippen molar-refractivity contribution in [2.45, 2.75) is 206 Å². The topological polar surface area (TPSA) is 485 Å². The van der Waals surface area contributed by atoms with Gasteiger partial charge in [-0.2, -0.15) is 23.5 Å². The number of azide groups is 1. The Balaban J connectivity index is 1.00. The fourth-order valence-corrected chi connectivity index (χ4v) is 12.5. The van der Waals surface area contributed by atoms with E-state index in [1.807, 2.05) is 11.8 Å². The molecule has 0 spiro atoms. The van der Waals surface area contributed by atoms with Crippen molar-refractivity contribution in [3.05, 3.63) is 10.4 Å². The number of aliphatic hydroxyl groups excluding tert-OH is 6. The van der Waals surface area contributed by atoms with Crippen molar-refractivity contribution < 1.29 is 59.1 Å². The number of hydrogen-bond acceptors (Lipinski definition) is 26. The molecule has 0 aromatic rings. The Bertz CT molecular complexity index is 1830. The third-order valence-corrected chi connectivity index (χ3v) is 18.1. The van der Waals surface area contributed by atoms with E-state index in [4.69, 9.17) is 104 Å². The Labute approximate surface area is 509 Å². The molecule has 0 aromatic carbocycles. The first-order chi connectivity index (χ1) is 39.9. The SMILES string of the molecule is [N-]=[N+]=NCCCCCN(CCCCNC(=S)NCCSCCCCOC1C(O)[C@H](N)CC(N)[C@H]1O[C@H]1OC(CN)[C@@H](O)C(O)C1N)CCCNC(=S)NCCSCCCCCOC1C(O)[C@H](N)CC(N)[C@H]1O[C@H]1OC(CN)[C@@H](O)C(O)C1N.